The fourth-order valence-corrected chi connectivity index (χ4v) is 6.79. The summed E-state index contributed by atoms with van der Waals surface area (Å²) in [5.41, 5.74) is 3.52. The van der Waals surface area contributed by atoms with E-state index in [4.69, 9.17) is 24.2 Å². The van der Waals surface area contributed by atoms with Crippen LogP contribution < -0.4 is 29.1 Å². The molecule has 4 aromatic rings. The lowest BCUT2D eigenvalue weighted by Crippen LogP contribution is -2.39. The predicted octanol–water partition coefficient (Wildman–Crippen LogP) is 5.26. The Kier molecular flexibility index (Phi) is 10.0. The highest BCUT2D eigenvalue weighted by molar-refractivity contribution is 14.1. The SMILES string of the molecule is CCOC(=O)C1=C(C)N=c2s/c(=C\c3cc(I)c(OCc4ccc(C#N)cc4)c(OC)c3)c(=O)n2[C@H]1c1ccc(OCC)cc1. The van der Waals surface area contributed by atoms with Crippen LogP contribution >= 0.6 is 33.9 Å². The van der Waals surface area contributed by atoms with Crippen LogP contribution in [0.5, 0.6) is 17.2 Å². The van der Waals surface area contributed by atoms with E-state index in [0.717, 1.165) is 20.3 Å². The second kappa shape index (κ2) is 14.1. The molecule has 45 heavy (non-hydrogen) atoms. The molecule has 0 radical (unpaired) electrons. The molecule has 3 aromatic carbocycles. The Bertz CT molecular complexity index is 1990. The molecule has 0 N–H and O–H groups in total. The zero-order valence-corrected chi connectivity index (χ0v) is 28.1. The Balaban J connectivity index is 1.54. The number of carbonyl (C=O) groups excluding carboxylic acids is 1. The molecular weight excluding hydrogens is 705 g/mol. The summed E-state index contributed by atoms with van der Waals surface area (Å²) in [6.07, 6.45) is 1.79. The fraction of sp³-hybridized carbons (Fsp3) is 0.235. The number of allylic oxidation sites excluding steroid dienone is 1. The van der Waals surface area contributed by atoms with E-state index in [1.165, 1.54) is 11.3 Å². The molecule has 1 atom stereocenters. The van der Waals surface area contributed by atoms with Gasteiger partial charge in [-0.25, -0.2) is 9.79 Å². The number of benzene rings is 3. The first kappa shape index (κ1) is 32.0. The second-order valence-electron chi connectivity index (χ2n) is 9.94. The van der Waals surface area contributed by atoms with Gasteiger partial charge in [0.2, 0.25) is 0 Å². The molecule has 0 aliphatic carbocycles. The van der Waals surface area contributed by atoms with Gasteiger partial charge < -0.3 is 18.9 Å². The normalized spacial score (nSPS) is 14.3. The van der Waals surface area contributed by atoms with Crippen molar-refractivity contribution in [2.24, 2.45) is 4.99 Å². The summed E-state index contributed by atoms with van der Waals surface area (Å²) in [5.74, 6) is 1.27. The smallest absolute Gasteiger partial charge is 0.338 e. The third kappa shape index (κ3) is 6.82. The van der Waals surface area contributed by atoms with Gasteiger partial charge >= 0.3 is 5.97 Å². The molecule has 1 aliphatic heterocycles. The number of ether oxygens (including phenoxy) is 4. The first-order valence-electron chi connectivity index (χ1n) is 14.2. The van der Waals surface area contributed by atoms with Gasteiger partial charge in [-0.3, -0.25) is 9.36 Å². The van der Waals surface area contributed by atoms with Gasteiger partial charge in [0.1, 0.15) is 12.4 Å². The van der Waals surface area contributed by atoms with Gasteiger partial charge in [-0.1, -0.05) is 35.6 Å². The molecule has 0 saturated carbocycles. The number of thiazole rings is 1. The van der Waals surface area contributed by atoms with E-state index in [1.807, 2.05) is 55.5 Å². The van der Waals surface area contributed by atoms with Crippen LogP contribution in [0.1, 0.15) is 49.1 Å². The Labute approximate surface area is 277 Å². The van der Waals surface area contributed by atoms with Gasteiger partial charge in [-0.2, -0.15) is 5.26 Å². The minimum Gasteiger partial charge on any atom is -0.494 e. The molecule has 1 aliphatic rings. The first-order valence-corrected chi connectivity index (χ1v) is 16.1. The number of rotatable bonds is 10. The molecule has 0 bridgehead atoms. The van der Waals surface area contributed by atoms with Crippen LogP contribution in [-0.2, 0) is 16.1 Å². The number of fused-ring (bicyclic) bond motifs is 1. The van der Waals surface area contributed by atoms with E-state index >= 15 is 0 Å². The highest BCUT2D eigenvalue weighted by atomic mass is 127. The first-order chi connectivity index (χ1) is 21.8. The summed E-state index contributed by atoms with van der Waals surface area (Å²) in [5, 5.41) is 9.04. The summed E-state index contributed by atoms with van der Waals surface area (Å²) in [4.78, 5) is 32.3. The van der Waals surface area contributed by atoms with E-state index in [0.29, 0.717) is 56.6 Å². The monoisotopic (exact) mass is 735 g/mol. The maximum Gasteiger partial charge on any atom is 0.338 e. The van der Waals surface area contributed by atoms with Crippen LogP contribution in [0.15, 0.2) is 81.7 Å². The third-order valence-corrected chi connectivity index (χ3v) is 8.82. The van der Waals surface area contributed by atoms with Crippen molar-refractivity contribution < 1.29 is 23.7 Å². The van der Waals surface area contributed by atoms with Crippen LogP contribution in [0.2, 0.25) is 0 Å². The van der Waals surface area contributed by atoms with Gasteiger partial charge in [0.15, 0.2) is 16.3 Å². The number of carbonyl (C=O) groups is 1. The summed E-state index contributed by atoms with van der Waals surface area (Å²) >= 11 is 3.43. The highest BCUT2D eigenvalue weighted by Gasteiger charge is 2.33. The lowest BCUT2D eigenvalue weighted by molar-refractivity contribution is -0.139. The second-order valence-corrected chi connectivity index (χ2v) is 12.1. The average Bonchev–Trinajstić information content (AvgIpc) is 3.34. The van der Waals surface area contributed by atoms with E-state index in [2.05, 4.69) is 33.7 Å². The van der Waals surface area contributed by atoms with Crippen molar-refractivity contribution >= 4 is 46.0 Å². The fourth-order valence-electron chi connectivity index (χ4n) is 4.97. The maximum atomic E-state index is 14.0. The lowest BCUT2D eigenvalue weighted by atomic mass is 9.96. The van der Waals surface area contributed by atoms with Crippen molar-refractivity contribution in [2.75, 3.05) is 20.3 Å². The summed E-state index contributed by atoms with van der Waals surface area (Å²) < 4.78 is 25.6. The molecule has 0 fully saturated rings. The van der Waals surface area contributed by atoms with E-state index in [9.17, 15) is 9.59 Å². The minimum absolute atomic E-state index is 0.198. The van der Waals surface area contributed by atoms with Gasteiger partial charge in [0.05, 0.1) is 57.4 Å². The van der Waals surface area contributed by atoms with E-state index < -0.39 is 12.0 Å². The van der Waals surface area contributed by atoms with Gasteiger partial charge in [-0.15, -0.1) is 0 Å². The molecule has 11 heteroatoms. The zero-order valence-electron chi connectivity index (χ0n) is 25.1. The van der Waals surface area contributed by atoms with Crippen molar-refractivity contribution in [3.05, 3.63) is 117 Å². The average molecular weight is 736 g/mol. The number of nitrogens with zero attached hydrogens (tertiary/aromatic N) is 3. The standard InChI is InChI=1S/C34H30IN3O6S/c1-5-42-25-13-11-24(12-14-25)30-29(33(40)43-6-2)20(3)37-34-38(30)32(39)28(45-34)17-23-15-26(35)31(27(16-23)41-4)44-19-22-9-7-21(18-36)8-10-22/h7-17,30H,5-6,19H2,1-4H3/b28-17-/t30-/m0/s1. The summed E-state index contributed by atoms with van der Waals surface area (Å²) in [6.45, 7) is 6.43. The van der Waals surface area contributed by atoms with E-state index in [1.54, 1.807) is 43.7 Å². The van der Waals surface area contributed by atoms with Crippen molar-refractivity contribution in [1.82, 2.24) is 4.57 Å². The van der Waals surface area contributed by atoms with Crippen molar-refractivity contribution in [1.29, 1.82) is 5.26 Å². The Hall–Kier alpha value is -4.41. The number of hydrogen-bond donors (Lipinski definition) is 0. The Morgan fingerprint density at radius 2 is 1.82 bits per heavy atom. The lowest BCUT2D eigenvalue weighted by Gasteiger charge is -2.24. The Morgan fingerprint density at radius 1 is 1.09 bits per heavy atom. The number of nitriles is 1. The number of methoxy groups -OCH3 is 1. The van der Waals surface area contributed by atoms with Gasteiger partial charge in [-0.05, 0) is 103 Å². The molecule has 1 aromatic heterocycles. The summed E-state index contributed by atoms with van der Waals surface area (Å²) in [6, 6.07) is 19.7. The Morgan fingerprint density at radius 3 is 2.47 bits per heavy atom. The number of hydrogen-bond acceptors (Lipinski definition) is 9. The third-order valence-electron chi connectivity index (χ3n) is 7.04. The van der Waals surface area contributed by atoms with Crippen LogP contribution in [0, 0.1) is 14.9 Å². The van der Waals surface area contributed by atoms with Crippen molar-refractivity contribution in [2.45, 2.75) is 33.4 Å². The van der Waals surface area contributed by atoms with Crippen LogP contribution in [0.25, 0.3) is 6.08 Å². The molecule has 2 heterocycles. The quantitative estimate of drug-likeness (QED) is 0.161. The van der Waals surface area contributed by atoms with Crippen molar-refractivity contribution in [3.63, 3.8) is 0 Å². The topological polar surface area (TPSA) is 112 Å². The van der Waals surface area contributed by atoms with Crippen LogP contribution in [-0.4, -0.2) is 30.9 Å². The molecule has 0 spiro atoms. The van der Waals surface area contributed by atoms with Crippen molar-refractivity contribution in [3.8, 4) is 23.3 Å². The minimum atomic E-state index is -0.717. The van der Waals surface area contributed by atoms with Crippen LogP contribution in [0.3, 0.4) is 0 Å². The molecule has 0 unspecified atom stereocenters. The number of aromatic nitrogens is 1. The highest BCUT2D eigenvalue weighted by Crippen LogP contribution is 2.35. The maximum absolute atomic E-state index is 14.0. The number of esters is 1. The van der Waals surface area contributed by atoms with Gasteiger partial charge in [0.25, 0.3) is 5.56 Å². The molecule has 5 rings (SSSR count). The molecule has 230 valence electrons. The molecule has 9 nitrogen and oxygen atoms in total. The zero-order chi connectivity index (χ0) is 32.1. The van der Waals surface area contributed by atoms with E-state index in [-0.39, 0.29) is 12.2 Å². The molecular formula is C34H30IN3O6S. The van der Waals surface area contributed by atoms with Crippen LogP contribution in [0.4, 0.5) is 0 Å². The molecule has 0 amide bonds. The predicted molar refractivity (Wildman–Crippen MR) is 179 cm³/mol. The van der Waals surface area contributed by atoms with Gasteiger partial charge in [0, 0.05) is 0 Å². The molecule has 0 saturated heterocycles. The largest absolute Gasteiger partial charge is 0.494 e. The number of halogens is 1. The summed E-state index contributed by atoms with van der Waals surface area (Å²) in [7, 11) is 1.56.